The number of benzene rings is 1. The number of halogens is 4. The van der Waals surface area contributed by atoms with Crippen LogP contribution in [-0.4, -0.2) is 10.1 Å². The van der Waals surface area contributed by atoms with Crippen LogP contribution in [0.25, 0.3) is 0 Å². The molecule has 6 heteroatoms. The number of hydrogen-bond acceptors (Lipinski definition) is 2. The number of aliphatic hydroxyl groups excluding tert-OH is 1. The quantitative estimate of drug-likeness (QED) is 0.849. The first-order valence-electron chi connectivity index (χ1n) is 7.31. The van der Waals surface area contributed by atoms with Crippen molar-refractivity contribution in [2.24, 2.45) is 0 Å². The molecule has 1 aromatic heterocycles. The smallest absolute Gasteiger partial charge is 0.386 e. The van der Waals surface area contributed by atoms with E-state index in [0.717, 1.165) is 18.6 Å². The number of alkyl halides is 3. The molecule has 1 aliphatic rings. The highest BCUT2D eigenvalue weighted by atomic mass is 19.4. The molecule has 1 aromatic carbocycles. The summed E-state index contributed by atoms with van der Waals surface area (Å²) in [5.41, 5.74) is -1.43. The molecule has 2 aromatic rings. The Morgan fingerprint density at radius 1 is 1.13 bits per heavy atom. The predicted octanol–water partition coefficient (Wildman–Crippen LogP) is 4.39. The molecule has 1 unspecified atom stereocenters. The fourth-order valence-corrected chi connectivity index (χ4v) is 3.16. The summed E-state index contributed by atoms with van der Waals surface area (Å²) in [6.45, 7) is 0. The van der Waals surface area contributed by atoms with Crippen LogP contribution in [0.2, 0.25) is 0 Å². The minimum Gasteiger partial charge on any atom is -0.386 e. The van der Waals surface area contributed by atoms with E-state index in [0.29, 0.717) is 24.6 Å². The average molecular weight is 325 g/mol. The lowest BCUT2D eigenvalue weighted by Gasteiger charge is -2.46. The second kappa shape index (κ2) is 5.60. The van der Waals surface area contributed by atoms with Gasteiger partial charge in [0.2, 0.25) is 0 Å². The van der Waals surface area contributed by atoms with E-state index in [1.54, 1.807) is 18.2 Å². The van der Waals surface area contributed by atoms with Crippen LogP contribution in [0.1, 0.15) is 42.2 Å². The van der Waals surface area contributed by atoms with Gasteiger partial charge >= 0.3 is 6.18 Å². The van der Waals surface area contributed by atoms with Gasteiger partial charge in [-0.15, -0.1) is 0 Å². The average Bonchev–Trinajstić information content (AvgIpc) is 2.47. The van der Waals surface area contributed by atoms with Crippen LogP contribution in [0.4, 0.5) is 17.6 Å². The SMILES string of the molecule is OC(c1ccccn1)C1(c2ccc(C(F)(F)F)cc2F)CCC1. The van der Waals surface area contributed by atoms with Crippen molar-refractivity contribution in [1.82, 2.24) is 4.98 Å². The predicted molar refractivity (Wildman–Crippen MR) is 76.1 cm³/mol. The van der Waals surface area contributed by atoms with E-state index in [2.05, 4.69) is 4.98 Å². The lowest BCUT2D eigenvalue weighted by Crippen LogP contribution is -2.41. The third-order valence-electron chi connectivity index (χ3n) is 4.57. The van der Waals surface area contributed by atoms with Crippen molar-refractivity contribution in [1.29, 1.82) is 0 Å². The van der Waals surface area contributed by atoms with Crippen LogP contribution in [-0.2, 0) is 11.6 Å². The highest BCUT2D eigenvalue weighted by molar-refractivity contribution is 5.36. The molecular weight excluding hydrogens is 310 g/mol. The van der Waals surface area contributed by atoms with Gasteiger partial charge in [-0.2, -0.15) is 13.2 Å². The first-order chi connectivity index (χ1) is 10.8. The summed E-state index contributed by atoms with van der Waals surface area (Å²) in [7, 11) is 0. The Kier molecular flexibility index (Phi) is 3.88. The lowest BCUT2D eigenvalue weighted by molar-refractivity contribution is -0.137. The minimum atomic E-state index is -4.59. The van der Waals surface area contributed by atoms with Crippen molar-refractivity contribution in [3.63, 3.8) is 0 Å². The fraction of sp³-hybridized carbons (Fsp3) is 0.353. The third-order valence-corrected chi connectivity index (χ3v) is 4.57. The van der Waals surface area contributed by atoms with E-state index in [-0.39, 0.29) is 5.56 Å². The second-order valence-electron chi connectivity index (χ2n) is 5.86. The van der Waals surface area contributed by atoms with Gasteiger partial charge in [-0.05, 0) is 42.7 Å². The third kappa shape index (κ3) is 2.72. The zero-order chi connectivity index (χ0) is 16.7. The van der Waals surface area contributed by atoms with Crippen molar-refractivity contribution in [3.8, 4) is 0 Å². The second-order valence-corrected chi connectivity index (χ2v) is 5.86. The van der Waals surface area contributed by atoms with Crippen molar-refractivity contribution in [3.05, 3.63) is 65.2 Å². The van der Waals surface area contributed by atoms with Crippen molar-refractivity contribution >= 4 is 0 Å². The van der Waals surface area contributed by atoms with Crippen molar-refractivity contribution < 1.29 is 22.7 Å². The van der Waals surface area contributed by atoms with E-state index in [4.69, 9.17) is 0 Å². The van der Waals surface area contributed by atoms with Gasteiger partial charge in [-0.3, -0.25) is 4.98 Å². The Balaban J connectivity index is 2.01. The van der Waals surface area contributed by atoms with Gasteiger partial charge in [0.05, 0.1) is 11.3 Å². The zero-order valence-electron chi connectivity index (χ0n) is 12.1. The molecular formula is C17H15F4NO. The molecule has 0 spiro atoms. The maximum atomic E-state index is 14.3. The summed E-state index contributed by atoms with van der Waals surface area (Å²) in [6.07, 6.45) is -2.33. The number of aliphatic hydroxyl groups is 1. The molecule has 0 amide bonds. The van der Waals surface area contributed by atoms with Gasteiger partial charge in [0.25, 0.3) is 0 Å². The van der Waals surface area contributed by atoms with Gasteiger partial charge in [-0.25, -0.2) is 4.39 Å². The van der Waals surface area contributed by atoms with Crippen LogP contribution >= 0.6 is 0 Å². The van der Waals surface area contributed by atoms with Crippen molar-refractivity contribution in [2.45, 2.75) is 37.0 Å². The molecule has 1 saturated carbocycles. The van der Waals surface area contributed by atoms with E-state index >= 15 is 0 Å². The number of pyridine rings is 1. The minimum absolute atomic E-state index is 0.120. The molecule has 0 saturated heterocycles. The highest BCUT2D eigenvalue weighted by Gasteiger charge is 2.48. The van der Waals surface area contributed by atoms with Gasteiger partial charge < -0.3 is 5.11 Å². The van der Waals surface area contributed by atoms with Crippen molar-refractivity contribution in [2.75, 3.05) is 0 Å². The molecule has 1 N–H and O–H groups in total. The molecule has 1 heterocycles. The topological polar surface area (TPSA) is 33.1 Å². The maximum absolute atomic E-state index is 14.3. The Hall–Kier alpha value is -1.95. The largest absolute Gasteiger partial charge is 0.416 e. The van der Waals surface area contributed by atoms with E-state index in [1.165, 1.54) is 6.20 Å². The molecule has 0 radical (unpaired) electrons. The van der Waals surface area contributed by atoms with Gasteiger partial charge in [0, 0.05) is 11.6 Å². The van der Waals surface area contributed by atoms with E-state index in [1.807, 2.05) is 0 Å². The molecule has 23 heavy (non-hydrogen) atoms. The molecule has 122 valence electrons. The molecule has 1 fully saturated rings. The lowest BCUT2D eigenvalue weighted by atomic mass is 9.60. The number of aromatic nitrogens is 1. The normalized spacial score (nSPS) is 18.3. The maximum Gasteiger partial charge on any atom is 0.416 e. The Bertz CT molecular complexity index is 695. The Morgan fingerprint density at radius 3 is 2.35 bits per heavy atom. The molecule has 0 bridgehead atoms. The first kappa shape index (κ1) is 15.9. The summed E-state index contributed by atoms with van der Waals surface area (Å²) < 4.78 is 52.4. The first-order valence-corrected chi connectivity index (χ1v) is 7.31. The van der Waals surface area contributed by atoms with Crippen LogP contribution in [0.5, 0.6) is 0 Å². The van der Waals surface area contributed by atoms with Crippen LogP contribution in [0, 0.1) is 5.82 Å². The Morgan fingerprint density at radius 2 is 1.87 bits per heavy atom. The molecule has 1 atom stereocenters. The summed E-state index contributed by atoms with van der Waals surface area (Å²) in [4.78, 5) is 4.09. The van der Waals surface area contributed by atoms with Gasteiger partial charge in [0.15, 0.2) is 0 Å². The van der Waals surface area contributed by atoms with Gasteiger partial charge in [0.1, 0.15) is 11.9 Å². The number of nitrogens with zero attached hydrogens (tertiary/aromatic N) is 1. The molecule has 2 nitrogen and oxygen atoms in total. The van der Waals surface area contributed by atoms with Crippen LogP contribution in [0.15, 0.2) is 42.6 Å². The summed E-state index contributed by atoms with van der Waals surface area (Å²) in [6, 6.07) is 7.55. The molecule has 0 aliphatic heterocycles. The fourth-order valence-electron chi connectivity index (χ4n) is 3.16. The van der Waals surface area contributed by atoms with Crippen LogP contribution < -0.4 is 0 Å². The zero-order valence-corrected chi connectivity index (χ0v) is 12.1. The molecule has 1 aliphatic carbocycles. The number of rotatable bonds is 3. The van der Waals surface area contributed by atoms with Crippen LogP contribution in [0.3, 0.4) is 0 Å². The summed E-state index contributed by atoms with van der Waals surface area (Å²) in [5.74, 6) is -0.936. The summed E-state index contributed by atoms with van der Waals surface area (Å²) in [5, 5.41) is 10.6. The molecule has 3 rings (SSSR count). The highest BCUT2D eigenvalue weighted by Crippen LogP contribution is 2.52. The monoisotopic (exact) mass is 325 g/mol. The van der Waals surface area contributed by atoms with E-state index in [9.17, 15) is 22.7 Å². The summed E-state index contributed by atoms with van der Waals surface area (Å²) >= 11 is 0. The standard InChI is InChI=1S/C17H15F4NO/c18-13-10-11(17(19,20)21)5-6-12(13)16(7-3-8-16)15(23)14-4-1-2-9-22-14/h1-2,4-6,9-10,15,23H,3,7-8H2. The number of hydrogen-bond donors (Lipinski definition) is 1. The Labute approximate surface area is 130 Å². The van der Waals surface area contributed by atoms with Gasteiger partial charge in [-0.1, -0.05) is 18.6 Å². The van der Waals surface area contributed by atoms with E-state index < -0.39 is 29.1 Å².